The minimum absolute atomic E-state index is 0.0308. The summed E-state index contributed by atoms with van der Waals surface area (Å²) in [6.07, 6.45) is 0. The van der Waals surface area contributed by atoms with Gasteiger partial charge >= 0.3 is 0 Å². The molecule has 0 aliphatic rings. The number of thiol groups is 1. The molecule has 1 aromatic heterocycles. The number of benzene rings is 2. The molecule has 0 radical (unpaired) electrons. The van der Waals surface area contributed by atoms with Gasteiger partial charge in [0.2, 0.25) is 0 Å². The van der Waals surface area contributed by atoms with E-state index in [1.165, 1.54) is 11.3 Å². The van der Waals surface area contributed by atoms with E-state index in [1.54, 1.807) is 0 Å². The molecule has 86 valence electrons. The normalized spacial score (nSPS) is 11.6. The van der Waals surface area contributed by atoms with Crippen LogP contribution in [0.2, 0.25) is 0 Å². The Hall–Kier alpha value is -1.46. The lowest BCUT2D eigenvalue weighted by molar-refractivity contribution is 0.614. The van der Waals surface area contributed by atoms with Gasteiger partial charge in [-0.1, -0.05) is 30.3 Å². The van der Waals surface area contributed by atoms with Crippen molar-refractivity contribution in [3.05, 3.63) is 41.4 Å². The highest BCUT2D eigenvalue weighted by Crippen LogP contribution is 2.29. The fourth-order valence-electron chi connectivity index (χ4n) is 1.89. The summed E-state index contributed by atoms with van der Waals surface area (Å²) < 4.78 is 22.5. The number of thiazole rings is 1. The molecule has 5 heteroatoms. The summed E-state index contributed by atoms with van der Waals surface area (Å²) >= 11 is 1.45. The second-order valence-electron chi connectivity index (χ2n) is 3.73. The summed E-state index contributed by atoms with van der Waals surface area (Å²) in [4.78, 5) is 4.42. The zero-order chi connectivity index (χ0) is 11.8. The lowest BCUT2D eigenvalue weighted by Gasteiger charge is -1.96. The van der Waals surface area contributed by atoms with E-state index in [9.17, 15) is 8.42 Å². The van der Waals surface area contributed by atoms with Gasteiger partial charge in [0.25, 0.3) is 0 Å². The monoisotopic (exact) mass is 263 g/mol. The van der Waals surface area contributed by atoms with E-state index in [0.717, 1.165) is 21.0 Å². The molecule has 0 amide bonds. The van der Waals surface area contributed by atoms with Gasteiger partial charge in [0.1, 0.15) is 15.7 Å². The van der Waals surface area contributed by atoms with Crippen molar-refractivity contribution in [2.24, 2.45) is 0 Å². The van der Waals surface area contributed by atoms with E-state index in [2.05, 4.69) is 4.98 Å². The number of rotatable bonds is 2. The van der Waals surface area contributed by atoms with Gasteiger partial charge in [0.05, 0.1) is 16.0 Å². The Labute approximate surface area is 104 Å². The second-order valence-corrected chi connectivity index (χ2v) is 5.83. The Morgan fingerprint density at radius 2 is 1.94 bits per heavy atom. The molecule has 0 saturated carbocycles. The van der Waals surface area contributed by atoms with Gasteiger partial charge in [-0.25, -0.2) is 13.4 Å². The first-order valence-electron chi connectivity index (χ1n) is 5.13. The van der Waals surface area contributed by atoms with Gasteiger partial charge < -0.3 is 0 Å². The first-order valence-corrected chi connectivity index (χ1v) is 7.31. The molecule has 0 bridgehead atoms. The number of hydrogen-bond acceptors (Lipinski definition) is 4. The van der Waals surface area contributed by atoms with E-state index >= 15 is 0 Å². The first kappa shape index (κ1) is 10.7. The van der Waals surface area contributed by atoms with Crippen LogP contribution in [0.4, 0.5) is 0 Å². The van der Waals surface area contributed by atoms with Crippen LogP contribution >= 0.6 is 11.3 Å². The Kier molecular flexibility index (Phi) is 2.57. The molecule has 0 aliphatic heterocycles. The molecule has 3 aromatic rings. The zero-order valence-corrected chi connectivity index (χ0v) is 10.5. The summed E-state index contributed by atoms with van der Waals surface area (Å²) in [6, 6.07) is 12.0. The van der Waals surface area contributed by atoms with Gasteiger partial charge in [-0.2, -0.15) is 0 Å². The molecule has 3 nitrogen and oxygen atoms in total. The third kappa shape index (κ3) is 1.92. The van der Waals surface area contributed by atoms with Crippen LogP contribution in [0.25, 0.3) is 21.0 Å². The van der Waals surface area contributed by atoms with Crippen LogP contribution < -0.4 is 0 Å². The van der Waals surface area contributed by atoms with Crippen molar-refractivity contribution in [1.82, 2.24) is 4.98 Å². The van der Waals surface area contributed by atoms with E-state index in [1.807, 2.05) is 36.4 Å². The summed E-state index contributed by atoms with van der Waals surface area (Å²) in [5, 5.41) is 2.87. The van der Waals surface area contributed by atoms with Gasteiger partial charge in [-0.3, -0.25) is 0 Å². The van der Waals surface area contributed by atoms with Gasteiger partial charge in [0, 0.05) is 5.39 Å². The highest BCUT2D eigenvalue weighted by molar-refractivity contribution is 7.71. The Morgan fingerprint density at radius 3 is 2.76 bits per heavy atom. The van der Waals surface area contributed by atoms with Crippen molar-refractivity contribution in [3.8, 4) is 0 Å². The smallest absolute Gasteiger partial charge is 0.146 e. The Balaban J connectivity index is 2.31. The minimum Gasteiger partial charge on any atom is -0.239 e. The number of fused-ring (bicyclic) bond motifs is 3. The quantitative estimate of drug-likeness (QED) is 0.723. The van der Waals surface area contributed by atoms with Crippen molar-refractivity contribution in [2.75, 3.05) is 0 Å². The largest absolute Gasteiger partial charge is 0.239 e. The predicted molar refractivity (Wildman–Crippen MR) is 71.1 cm³/mol. The number of nitrogens with zero attached hydrogens (tertiary/aromatic N) is 1. The first-order chi connectivity index (χ1) is 8.24. The van der Waals surface area contributed by atoms with Gasteiger partial charge in [0.15, 0.2) is 0 Å². The summed E-state index contributed by atoms with van der Waals surface area (Å²) in [6.45, 7) is 0. The molecule has 0 atom stereocenters. The van der Waals surface area contributed by atoms with Crippen molar-refractivity contribution < 1.29 is 8.42 Å². The highest BCUT2D eigenvalue weighted by Gasteiger charge is 2.07. The summed E-state index contributed by atoms with van der Waals surface area (Å²) in [5.41, 5.74) is 0.903. The molecule has 0 spiro atoms. The van der Waals surface area contributed by atoms with E-state index in [-0.39, 0.29) is 5.75 Å². The standard InChI is InChI=1S/C12H9NO2S2/c14-17(15)7-11-13-12-9-4-2-1-3-8(9)5-6-10(12)16-11/h1-6,17H,7H2. The van der Waals surface area contributed by atoms with Crippen LogP contribution in [0.3, 0.4) is 0 Å². The van der Waals surface area contributed by atoms with Crippen LogP contribution in [-0.2, 0) is 16.5 Å². The predicted octanol–water partition coefficient (Wildman–Crippen LogP) is 2.56. The minimum atomic E-state index is -2.41. The molecule has 1 heterocycles. The molecule has 0 N–H and O–H groups in total. The Morgan fingerprint density at radius 1 is 1.12 bits per heavy atom. The topological polar surface area (TPSA) is 47.0 Å². The fraction of sp³-hybridized carbons (Fsp3) is 0.0833. The fourth-order valence-corrected chi connectivity index (χ4v) is 3.53. The molecule has 0 aliphatic carbocycles. The summed E-state index contributed by atoms with van der Waals surface area (Å²) in [7, 11) is -2.41. The third-order valence-corrected chi connectivity index (χ3v) is 4.38. The average molecular weight is 263 g/mol. The molecular weight excluding hydrogens is 254 g/mol. The van der Waals surface area contributed by atoms with Gasteiger partial charge in [-0.15, -0.1) is 11.3 Å². The number of hydrogen-bond donors (Lipinski definition) is 1. The van der Waals surface area contributed by atoms with Crippen molar-refractivity contribution in [3.63, 3.8) is 0 Å². The Bertz CT molecular complexity index is 766. The van der Waals surface area contributed by atoms with E-state index < -0.39 is 10.7 Å². The maximum Gasteiger partial charge on any atom is 0.146 e. The lowest BCUT2D eigenvalue weighted by Crippen LogP contribution is -1.84. The van der Waals surface area contributed by atoms with Crippen LogP contribution in [0, 0.1) is 0 Å². The van der Waals surface area contributed by atoms with Crippen LogP contribution in [0.15, 0.2) is 36.4 Å². The molecule has 0 unspecified atom stereocenters. The van der Waals surface area contributed by atoms with Crippen LogP contribution in [-0.4, -0.2) is 13.4 Å². The van der Waals surface area contributed by atoms with E-state index in [0.29, 0.717) is 5.01 Å². The number of aromatic nitrogens is 1. The molecule has 2 aromatic carbocycles. The maximum atomic E-state index is 10.7. The zero-order valence-electron chi connectivity index (χ0n) is 8.79. The van der Waals surface area contributed by atoms with Crippen molar-refractivity contribution >= 4 is 43.0 Å². The molecular formula is C12H9NO2S2. The second kappa shape index (κ2) is 4.09. The third-order valence-electron chi connectivity index (χ3n) is 2.59. The van der Waals surface area contributed by atoms with Crippen molar-refractivity contribution in [2.45, 2.75) is 5.75 Å². The summed E-state index contributed by atoms with van der Waals surface area (Å²) in [5.74, 6) is 0.0308. The SMILES string of the molecule is O=[SH](=O)Cc1nc2c(ccc3ccccc32)s1. The average Bonchev–Trinajstić information content (AvgIpc) is 2.70. The van der Waals surface area contributed by atoms with Crippen molar-refractivity contribution in [1.29, 1.82) is 0 Å². The lowest BCUT2D eigenvalue weighted by atomic mass is 10.1. The molecule has 0 saturated heterocycles. The highest BCUT2D eigenvalue weighted by atomic mass is 32.2. The molecule has 0 fully saturated rings. The van der Waals surface area contributed by atoms with E-state index in [4.69, 9.17) is 0 Å². The van der Waals surface area contributed by atoms with Gasteiger partial charge in [-0.05, 0) is 11.5 Å². The van der Waals surface area contributed by atoms with Crippen LogP contribution in [0.5, 0.6) is 0 Å². The maximum absolute atomic E-state index is 10.7. The molecule has 17 heavy (non-hydrogen) atoms. The molecule has 3 rings (SSSR count). The van der Waals surface area contributed by atoms with Crippen LogP contribution in [0.1, 0.15) is 5.01 Å².